The molecular formula is C37H43N2O12P2S2+. The van der Waals surface area contributed by atoms with E-state index >= 15 is 0 Å². The maximum absolute atomic E-state index is 12.0. The van der Waals surface area contributed by atoms with Gasteiger partial charge in [0.1, 0.15) is 6.16 Å². The van der Waals surface area contributed by atoms with Gasteiger partial charge in [0, 0.05) is 41.1 Å². The molecule has 3 aromatic rings. The van der Waals surface area contributed by atoms with Crippen molar-refractivity contribution < 1.29 is 59.2 Å². The fraction of sp³-hybridized carbons (Fsp3) is 0.270. The van der Waals surface area contributed by atoms with Gasteiger partial charge in [-0.2, -0.15) is 21.4 Å². The summed E-state index contributed by atoms with van der Waals surface area (Å²) >= 11 is 0. The zero-order valence-electron chi connectivity index (χ0n) is 30.4. The minimum Gasteiger partial charge on any atom is -0.343 e. The van der Waals surface area contributed by atoms with E-state index in [2.05, 4.69) is 0 Å². The van der Waals surface area contributed by atoms with Crippen LogP contribution in [-0.4, -0.2) is 81.2 Å². The molecule has 14 nitrogen and oxygen atoms in total. The first-order valence-corrected chi connectivity index (χ1v) is 23.4. The third kappa shape index (κ3) is 9.61. The number of benzene rings is 3. The predicted octanol–water partition coefficient (Wildman–Crippen LogP) is 5.79. The molecule has 5 rings (SSSR count). The molecule has 0 saturated carbocycles. The van der Waals surface area contributed by atoms with Crippen LogP contribution in [0.25, 0.3) is 5.57 Å². The van der Waals surface area contributed by atoms with E-state index in [1.54, 1.807) is 33.8 Å². The summed E-state index contributed by atoms with van der Waals surface area (Å²) in [4.78, 5) is 39.9. The number of fused-ring (bicyclic) bond motifs is 2. The molecule has 0 amide bonds. The summed E-state index contributed by atoms with van der Waals surface area (Å²) in [6.07, 6.45) is 9.77. The van der Waals surface area contributed by atoms with Crippen molar-refractivity contribution in [2.45, 2.75) is 48.3 Å². The number of hydrogen-bond acceptors (Lipinski definition) is 7. The lowest BCUT2D eigenvalue weighted by Crippen LogP contribution is -2.28. The fourth-order valence-corrected chi connectivity index (χ4v) is 8.87. The first kappa shape index (κ1) is 42.4. The summed E-state index contributed by atoms with van der Waals surface area (Å²) in [6.45, 7) is 7.20. The van der Waals surface area contributed by atoms with Crippen LogP contribution in [0.3, 0.4) is 0 Å². The van der Waals surface area contributed by atoms with Crippen LogP contribution in [0.5, 0.6) is 0 Å². The fourth-order valence-electron chi connectivity index (χ4n) is 6.94. The molecule has 294 valence electrons. The number of nitrogens with zero attached hydrogens (tertiary/aromatic N) is 2. The van der Waals surface area contributed by atoms with Gasteiger partial charge in [-0.05, 0) is 67.0 Å². The standard InChI is InChI=1S/C37H42N2O12P2S2/c1-36(2)30-24-28(54(46,47)48)16-18-32(30)38(20-22-52(40,41)42)34(36)14-8-12-27(26-10-6-5-7-11-26)13-9-15-35-37(3,4)31-25-29(55(49,50)51)17-19-33(31)39(35)21-23-53(43,44)45/h5-19,24-25H,20-23H2,1-4H3,(H5-,40,41,42,43,44,45,46,47,48,49,50,51)/p+1. The molecule has 0 bridgehead atoms. The molecule has 0 radical (unpaired) electrons. The highest BCUT2D eigenvalue weighted by Crippen LogP contribution is 2.49. The van der Waals surface area contributed by atoms with Crippen LogP contribution < -0.4 is 4.90 Å². The zero-order chi connectivity index (χ0) is 40.8. The molecule has 18 heteroatoms. The van der Waals surface area contributed by atoms with Crippen LogP contribution in [-0.2, 0) is 40.2 Å². The molecule has 6 N–H and O–H groups in total. The second kappa shape index (κ2) is 15.3. The van der Waals surface area contributed by atoms with Gasteiger partial charge in [0.15, 0.2) is 12.3 Å². The largest absolute Gasteiger partial charge is 0.343 e. The van der Waals surface area contributed by atoms with Crippen molar-refractivity contribution in [3.05, 3.63) is 126 Å². The SMILES string of the molecule is CC1(C)C(/C=C/C=C(/C=C/C=C2/N(CCP(=O)(O)O)c3ccc(S(=O)(=O)O)cc3C2(C)C)c2ccccc2)=[N+](CCP(=O)(O)O)c2ccc(S(=O)(=O)O)cc21. The maximum atomic E-state index is 12.0. The van der Waals surface area contributed by atoms with E-state index in [1.807, 2.05) is 70.2 Å². The molecule has 0 saturated heterocycles. The Morgan fingerprint density at radius 1 is 0.764 bits per heavy atom. The van der Waals surface area contributed by atoms with Crippen LogP contribution >= 0.6 is 15.2 Å². The molecule has 0 aromatic heterocycles. The quantitative estimate of drug-likeness (QED) is 0.0519. The Morgan fingerprint density at radius 2 is 1.35 bits per heavy atom. The van der Waals surface area contributed by atoms with Gasteiger partial charge in [0.2, 0.25) is 5.69 Å². The highest BCUT2D eigenvalue weighted by molar-refractivity contribution is 7.86. The monoisotopic (exact) mass is 833 g/mol. The van der Waals surface area contributed by atoms with E-state index in [0.29, 0.717) is 33.9 Å². The highest BCUT2D eigenvalue weighted by Gasteiger charge is 2.45. The van der Waals surface area contributed by atoms with Gasteiger partial charge in [-0.1, -0.05) is 68.5 Å². The van der Waals surface area contributed by atoms with Gasteiger partial charge in [0.25, 0.3) is 20.2 Å². The number of hydrogen-bond donors (Lipinski definition) is 6. The summed E-state index contributed by atoms with van der Waals surface area (Å²) in [5.41, 5.74) is 3.24. The second-order valence-corrected chi connectivity index (χ2v) is 20.7. The van der Waals surface area contributed by atoms with Crippen molar-refractivity contribution in [3.8, 4) is 0 Å². The Labute approximate surface area is 320 Å². The van der Waals surface area contributed by atoms with Crippen molar-refractivity contribution in [3.63, 3.8) is 0 Å². The molecule has 0 fully saturated rings. The van der Waals surface area contributed by atoms with Crippen molar-refractivity contribution >= 4 is 58.1 Å². The van der Waals surface area contributed by atoms with Gasteiger partial charge < -0.3 is 24.5 Å². The third-order valence-corrected chi connectivity index (χ3v) is 13.0. The van der Waals surface area contributed by atoms with Crippen molar-refractivity contribution in [1.29, 1.82) is 0 Å². The topological polar surface area (TPSA) is 230 Å². The highest BCUT2D eigenvalue weighted by atomic mass is 32.2. The van der Waals surface area contributed by atoms with Crippen LogP contribution in [0.1, 0.15) is 44.4 Å². The van der Waals surface area contributed by atoms with Crippen LogP contribution in [0.15, 0.2) is 119 Å². The van der Waals surface area contributed by atoms with Gasteiger partial charge in [-0.25, -0.2) is 0 Å². The minimum absolute atomic E-state index is 0.0727. The molecule has 0 unspecified atom stereocenters. The Kier molecular flexibility index (Phi) is 11.8. The number of allylic oxidation sites excluding steroid dienone is 8. The normalized spacial score (nSPS) is 18.2. The lowest BCUT2D eigenvalue weighted by molar-refractivity contribution is -0.432. The molecule has 0 spiro atoms. The van der Waals surface area contributed by atoms with Crippen LogP contribution in [0.2, 0.25) is 0 Å². The first-order chi connectivity index (χ1) is 25.3. The smallest absolute Gasteiger partial charge is 0.331 e. The molecule has 3 aromatic carbocycles. The molecule has 0 aliphatic carbocycles. The third-order valence-electron chi connectivity index (χ3n) is 9.72. The Morgan fingerprint density at radius 3 is 1.93 bits per heavy atom. The first-order valence-electron chi connectivity index (χ1n) is 16.9. The van der Waals surface area contributed by atoms with E-state index in [0.717, 1.165) is 11.1 Å². The van der Waals surface area contributed by atoms with Gasteiger partial charge in [0.05, 0.1) is 21.4 Å². The summed E-state index contributed by atoms with van der Waals surface area (Å²) < 4.78 is 92.9. The zero-order valence-corrected chi connectivity index (χ0v) is 33.8. The minimum atomic E-state index is -4.53. The van der Waals surface area contributed by atoms with E-state index in [4.69, 9.17) is 0 Å². The van der Waals surface area contributed by atoms with E-state index in [1.165, 1.54) is 36.4 Å². The average molecular weight is 834 g/mol. The molecular weight excluding hydrogens is 790 g/mol. The predicted molar refractivity (Wildman–Crippen MR) is 210 cm³/mol. The molecule has 0 atom stereocenters. The maximum Gasteiger partial charge on any atom is 0.331 e. The Balaban J connectivity index is 1.58. The lowest BCUT2D eigenvalue weighted by atomic mass is 9.81. The number of anilines is 1. The van der Waals surface area contributed by atoms with E-state index in [9.17, 15) is 54.6 Å². The van der Waals surface area contributed by atoms with Crippen molar-refractivity contribution in [2.75, 3.05) is 30.3 Å². The van der Waals surface area contributed by atoms with Gasteiger partial charge in [-0.3, -0.25) is 18.2 Å². The van der Waals surface area contributed by atoms with Crippen molar-refractivity contribution in [1.82, 2.24) is 0 Å². The second-order valence-electron chi connectivity index (χ2n) is 14.3. The molecule has 55 heavy (non-hydrogen) atoms. The molecule has 2 aliphatic heterocycles. The van der Waals surface area contributed by atoms with Gasteiger partial charge in [-0.15, -0.1) is 0 Å². The van der Waals surface area contributed by atoms with E-state index < -0.39 is 58.6 Å². The van der Waals surface area contributed by atoms with Crippen LogP contribution in [0, 0.1) is 0 Å². The van der Waals surface area contributed by atoms with Crippen molar-refractivity contribution in [2.24, 2.45) is 0 Å². The Bertz CT molecular complexity index is 2490. The average Bonchev–Trinajstić information content (AvgIpc) is 3.42. The Hall–Kier alpha value is -3.79. The number of rotatable bonds is 13. The van der Waals surface area contributed by atoms with E-state index in [-0.39, 0.29) is 22.9 Å². The van der Waals surface area contributed by atoms with Gasteiger partial charge >= 0.3 is 15.2 Å². The molecule has 2 aliphatic rings. The van der Waals surface area contributed by atoms with Crippen LogP contribution in [0.4, 0.5) is 11.4 Å². The molecule has 2 heterocycles. The summed E-state index contributed by atoms with van der Waals surface area (Å²) in [5, 5.41) is 0. The summed E-state index contributed by atoms with van der Waals surface area (Å²) in [7, 11) is -17.9. The lowest BCUT2D eigenvalue weighted by Gasteiger charge is -2.27. The summed E-state index contributed by atoms with van der Waals surface area (Å²) in [5.74, 6) is 0. The summed E-state index contributed by atoms with van der Waals surface area (Å²) in [6, 6.07) is 17.5.